The molecule has 0 radical (unpaired) electrons. The molecule has 5 nitrogen and oxygen atoms in total. The van der Waals surface area contributed by atoms with Gasteiger partial charge in [-0.25, -0.2) is 4.68 Å². The van der Waals surface area contributed by atoms with Crippen molar-refractivity contribution < 1.29 is 0 Å². The summed E-state index contributed by atoms with van der Waals surface area (Å²) in [6.45, 7) is 6.21. The fourth-order valence-electron chi connectivity index (χ4n) is 2.18. The maximum Gasteiger partial charge on any atom is 0.165 e. The Hall–Kier alpha value is -0.970. The highest BCUT2D eigenvalue weighted by Gasteiger charge is 2.39. The smallest absolute Gasteiger partial charge is 0.165 e. The molecule has 0 saturated heterocycles. The molecule has 1 heterocycles. The van der Waals surface area contributed by atoms with Gasteiger partial charge < -0.3 is 5.32 Å². The van der Waals surface area contributed by atoms with Gasteiger partial charge in [-0.15, -0.1) is 5.10 Å². The largest absolute Gasteiger partial charge is 0.310 e. The van der Waals surface area contributed by atoms with Gasteiger partial charge in [0.05, 0.1) is 12.6 Å². The van der Waals surface area contributed by atoms with Crippen LogP contribution in [0.4, 0.5) is 0 Å². The number of hydrogen-bond donors (Lipinski definition) is 1. The molecule has 1 aromatic rings. The topological polar surface area (TPSA) is 55.6 Å². The fourth-order valence-corrected chi connectivity index (χ4v) is 2.18. The zero-order chi connectivity index (χ0) is 11.4. The molecule has 0 amide bonds. The van der Waals surface area contributed by atoms with E-state index in [0.29, 0.717) is 6.04 Å². The van der Waals surface area contributed by atoms with Gasteiger partial charge in [0, 0.05) is 0 Å². The Morgan fingerprint density at radius 3 is 3.00 bits per heavy atom. The molecule has 1 aliphatic rings. The van der Waals surface area contributed by atoms with Crippen LogP contribution in [0.3, 0.4) is 0 Å². The molecule has 2 atom stereocenters. The summed E-state index contributed by atoms with van der Waals surface area (Å²) in [5.41, 5.74) is 0. The van der Waals surface area contributed by atoms with Crippen molar-refractivity contribution in [2.75, 3.05) is 6.54 Å². The van der Waals surface area contributed by atoms with Gasteiger partial charge in [-0.2, -0.15) is 0 Å². The Labute approximate surface area is 96.6 Å². The number of aromatic nitrogens is 4. The van der Waals surface area contributed by atoms with E-state index in [9.17, 15) is 0 Å². The Morgan fingerprint density at radius 1 is 1.38 bits per heavy atom. The first kappa shape index (κ1) is 11.5. The molecule has 16 heavy (non-hydrogen) atoms. The molecule has 0 aromatic carbocycles. The standard InChI is InChI=1S/C11H21N5/c1-3-5-9-7-10(9)16-11(13-14-15-16)8-12-6-4-2/h9-10,12H,3-8H2,1-2H3. The number of hydrogen-bond acceptors (Lipinski definition) is 4. The highest BCUT2D eigenvalue weighted by atomic mass is 15.6. The highest BCUT2D eigenvalue weighted by Crippen LogP contribution is 2.46. The van der Waals surface area contributed by atoms with Crippen LogP contribution in [-0.4, -0.2) is 26.8 Å². The number of tetrazole rings is 1. The SMILES string of the molecule is CCCNCc1nnnn1C1CC1CCC. The van der Waals surface area contributed by atoms with Crippen molar-refractivity contribution in [2.24, 2.45) is 5.92 Å². The van der Waals surface area contributed by atoms with E-state index in [2.05, 4.69) is 34.7 Å². The van der Waals surface area contributed by atoms with Crippen LogP contribution in [0.5, 0.6) is 0 Å². The van der Waals surface area contributed by atoms with Gasteiger partial charge in [0.1, 0.15) is 0 Å². The molecule has 0 bridgehead atoms. The van der Waals surface area contributed by atoms with E-state index in [-0.39, 0.29) is 0 Å². The van der Waals surface area contributed by atoms with Crippen LogP contribution in [0.15, 0.2) is 0 Å². The van der Waals surface area contributed by atoms with Crippen LogP contribution in [0.1, 0.15) is 51.4 Å². The molecule has 0 aliphatic heterocycles. The van der Waals surface area contributed by atoms with E-state index in [1.54, 1.807) is 0 Å². The molecule has 90 valence electrons. The summed E-state index contributed by atoms with van der Waals surface area (Å²) < 4.78 is 2.02. The third-order valence-corrected chi connectivity index (χ3v) is 3.13. The second-order valence-corrected chi connectivity index (χ2v) is 4.57. The maximum absolute atomic E-state index is 4.10. The predicted molar refractivity (Wildman–Crippen MR) is 61.9 cm³/mol. The van der Waals surface area contributed by atoms with Crippen molar-refractivity contribution >= 4 is 0 Å². The third-order valence-electron chi connectivity index (χ3n) is 3.13. The van der Waals surface area contributed by atoms with Gasteiger partial charge in [0.15, 0.2) is 5.82 Å². The molecule has 1 fully saturated rings. The molecular formula is C11H21N5. The average Bonchev–Trinajstić information content (AvgIpc) is 2.89. The van der Waals surface area contributed by atoms with Crippen molar-refractivity contribution in [3.63, 3.8) is 0 Å². The van der Waals surface area contributed by atoms with E-state index in [0.717, 1.165) is 31.3 Å². The highest BCUT2D eigenvalue weighted by molar-refractivity contribution is 4.95. The van der Waals surface area contributed by atoms with Crippen LogP contribution in [0, 0.1) is 5.92 Å². The number of rotatable bonds is 7. The lowest BCUT2D eigenvalue weighted by Crippen LogP contribution is -2.18. The van der Waals surface area contributed by atoms with Crippen LogP contribution >= 0.6 is 0 Å². The zero-order valence-corrected chi connectivity index (χ0v) is 10.2. The number of nitrogens with one attached hydrogen (secondary N) is 1. The molecule has 1 aromatic heterocycles. The average molecular weight is 223 g/mol. The van der Waals surface area contributed by atoms with Gasteiger partial charge in [-0.3, -0.25) is 0 Å². The van der Waals surface area contributed by atoms with Crippen LogP contribution in [0.2, 0.25) is 0 Å². The first-order valence-corrected chi connectivity index (χ1v) is 6.34. The monoisotopic (exact) mass is 223 g/mol. The Balaban J connectivity index is 1.88. The quantitative estimate of drug-likeness (QED) is 0.712. The molecule has 1 aliphatic carbocycles. The van der Waals surface area contributed by atoms with Crippen molar-refractivity contribution in [2.45, 2.75) is 52.1 Å². The molecule has 2 unspecified atom stereocenters. The lowest BCUT2D eigenvalue weighted by molar-refractivity contribution is 0.512. The van der Waals surface area contributed by atoms with Crippen LogP contribution < -0.4 is 5.32 Å². The van der Waals surface area contributed by atoms with Crippen molar-refractivity contribution in [1.82, 2.24) is 25.5 Å². The summed E-state index contributed by atoms with van der Waals surface area (Å²) in [6, 6.07) is 0.563. The van der Waals surface area contributed by atoms with Gasteiger partial charge >= 0.3 is 0 Å². The summed E-state index contributed by atoms with van der Waals surface area (Å²) in [6.07, 6.45) is 4.95. The summed E-state index contributed by atoms with van der Waals surface area (Å²) in [4.78, 5) is 0. The minimum absolute atomic E-state index is 0.563. The lowest BCUT2D eigenvalue weighted by Gasteiger charge is -2.04. The Bertz CT molecular complexity index is 322. The molecule has 0 spiro atoms. The molecule has 1 N–H and O–H groups in total. The van der Waals surface area contributed by atoms with Crippen molar-refractivity contribution in [3.05, 3.63) is 5.82 Å². The van der Waals surface area contributed by atoms with E-state index >= 15 is 0 Å². The normalized spacial score (nSPS) is 23.6. The number of nitrogens with zero attached hydrogens (tertiary/aromatic N) is 4. The van der Waals surface area contributed by atoms with Gasteiger partial charge in [-0.1, -0.05) is 20.3 Å². The summed E-state index contributed by atoms with van der Waals surface area (Å²) >= 11 is 0. The summed E-state index contributed by atoms with van der Waals surface area (Å²) in [7, 11) is 0. The first-order chi connectivity index (χ1) is 7.86. The minimum atomic E-state index is 0.563. The minimum Gasteiger partial charge on any atom is -0.310 e. The van der Waals surface area contributed by atoms with Crippen LogP contribution in [-0.2, 0) is 6.54 Å². The lowest BCUT2D eigenvalue weighted by atomic mass is 10.2. The second kappa shape index (κ2) is 5.39. The third kappa shape index (κ3) is 2.58. The first-order valence-electron chi connectivity index (χ1n) is 6.34. The van der Waals surface area contributed by atoms with E-state index in [1.165, 1.54) is 19.3 Å². The van der Waals surface area contributed by atoms with E-state index < -0.39 is 0 Å². The van der Waals surface area contributed by atoms with Crippen LogP contribution in [0.25, 0.3) is 0 Å². The molecule has 2 rings (SSSR count). The molecule has 1 saturated carbocycles. The second-order valence-electron chi connectivity index (χ2n) is 4.57. The van der Waals surface area contributed by atoms with E-state index in [4.69, 9.17) is 0 Å². The van der Waals surface area contributed by atoms with Crippen molar-refractivity contribution in [1.29, 1.82) is 0 Å². The van der Waals surface area contributed by atoms with Crippen molar-refractivity contribution in [3.8, 4) is 0 Å². The van der Waals surface area contributed by atoms with Gasteiger partial charge in [0.25, 0.3) is 0 Å². The molecule has 5 heteroatoms. The Kier molecular flexibility index (Phi) is 3.88. The maximum atomic E-state index is 4.10. The van der Waals surface area contributed by atoms with Gasteiger partial charge in [-0.05, 0) is 42.2 Å². The molecular weight excluding hydrogens is 202 g/mol. The van der Waals surface area contributed by atoms with Gasteiger partial charge in [0.2, 0.25) is 0 Å². The van der Waals surface area contributed by atoms with E-state index in [1.807, 2.05) is 4.68 Å². The fraction of sp³-hybridized carbons (Fsp3) is 0.909. The summed E-state index contributed by atoms with van der Waals surface area (Å²) in [5.74, 6) is 1.79. The predicted octanol–water partition coefficient (Wildman–Crippen LogP) is 1.53. The summed E-state index contributed by atoms with van der Waals surface area (Å²) in [5, 5.41) is 15.3. The Morgan fingerprint density at radius 2 is 2.25 bits per heavy atom. The zero-order valence-electron chi connectivity index (χ0n) is 10.2.